The maximum Gasteiger partial charge on any atom is 0.0159 e. The highest BCUT2D eigenvalue weighted by atomic mass is 14.4. The van der Waals surface area contributed by atoms with Gasteiger partial charge in [-0.1, -0.05) is 86.6 Å². The smallest absolute Gasteiger partial charge is 0.0159 e. The summed E-state index contributed by atoms with van der Waals surface area (Å²) in [5.74, 6) is 0. The molecule has 0 amide bonds. The van der Waals surface area contributed by atoms with Crippen LogP contribution in [-0.4, -0.2) is 0 Å². The van der Waals surface area contributed by atoms with Crippen LogP contribution in [0.5, 0.6) is 0 Å². The van der Waals surface area contributed by atoms with Gasteiger partial charge in [-0.05, 0) is 66.7 Å². The summed E-state index contributed by atoms with van der Waals surface area (Å²) >= 11 is 0. The quantitative estimate of drug-likeness (QED) is 0.256. The third-order valence-corrected chi connectivity index (χ3v) is 6.43. The Kier molecular flexibility index (Phi) is 2.77. The highest BCUT2D eigenvalue weighted by Crippen LogP contribution is 2.52. The van der Waals surface area contributed by atoms with E-state index in [0.29, 0.717) is 0 Å². The van der Waals surface area contributed by atoms with Crippen LogP contribution in [0.3, 0.4) is 0 Å². The fourth-order valence-corrected chi connectivity index (χ4v) is 5.01. The van der Waals surface area contributed by atoms with E-state index in [4.69, 9.17) is 0 Å². The van der Waals surface area contributed by atoms with Crippen molar-refractivity contribution in [2.45, 2.75) is 19.3 Å². The van der Waals surface area contributed by atoms with Gasteiger partial charge in [0.25, 0.3) is 0 Å². The van der Waals surface area contributed by atoms with Crippen LogP contribution in [-0.2, 0) is 5.41 Å². The molecule has 0 nitrogen and oxygen atoms in total. The molecule has 1 aliphatic rings. The Labute approximate surface area is 159 Å². The number of hydrogen-bond acceptors (Lipinski definition) is 0. The molecule has 5 aromatic rings. The number of fused-ring (bicyclic) bond motifs is 8. The van der Waals surface area contributed by atoms with E-state index in [0.717, 1.165) is 0 Å². The maximum atomic E-state index is 2.44. The lowest BCUT2D eigenvalue weighted by atomic mass is 9.81. The summed E-state index contributed by atoms with van der Waals surface area (Å²) in [4.78, 5) is 0. The van der Waals surface area contributed by atoms with Gasteiger partial charge < -0.3 is 0 Å². The van der Waals surface area contributed by atoms with Crippen LogP contribution in [0, 0.1) is 0 Å². The first-order valence-corrected chi connectivity index (χ1v) is 9.63. The molecule has 0 saturated heterocycles. The molecule has 0 unspecified atom stereocenters. The van der Waals surface area contributed by atoms with Crippen LogP contribution < -0.4 is 0 Å². The van der Waals surface area contributed by atoms with Crippen molar-refractivity contribution >= 4 is 32.3 Å². The van der Waals surface area contributed by atoms with Gasteiger partial charge in [0.05, 0.1) is 0 Å². The zero-order valence-electron chi connectivity index (χ0n) is 15.6. The summed E-state index contributed by atoms with van der Waals surface area (Å²) in [5.41, 5.74) is 5.72. The third kappa shape index (κ3) is 1.88. The van der Waals surface area contributed by atoms with Crippen molar-refractivity contribution in [3.8, 4) is 11.1 Å². The Morgan fingerprint density at radius 3 is 1.96 bits per heavy atom. The predicted molar refractivity (Wildman–Crippen MR) is 117 cm³/mol. The molecular weight excluding hydrogens is 324 g/mol. The van der Waals surface area contributed by atoms with Crippen LogP contribution in [0.2, 0.25) is 0 Å². The van der Waals surface area contributed by atoms with Crippen LogP contribution in [0.15, 0.2) is 84.9 Å². The highest BCUT2D eigenvalue weighted by molar-refractivity contribution is 6.12. The molecule has 0 aliphatic heterocycles. The van der Waals surface area contributed by atoms with Gasteiger partial charge in [0.2, 0.25) is 0 Å². The van der Waals surface area contributed by atoms with E-state index < -0.39 is 0 Å². The van der Waals surface area contributed by atoms with E-state index in [9.17, 15) is 0 Å². The van der Waals surface area contributed by atoms with Gasteiger partial charge in [0, 0.05) is 5.41 Å². The standard InChI is InChI=1S/C27H20/c1-27(2)24-14-13-18-8-4-6-10-21(18)26(24)23-16-22-19(15-25(23)27)12-11-17-7-3-5-9-20(17)22/h3-16H,1-2H3. The first kappa shape index (κ1) is 15.0. The Hall–Kier alpha value is -3.12. The zero-order chi connectivity index (χ0) is 18.2. The van der Waals surface area contributed by atoms with Gasteiger partial charge in [-0.2, -0.15) is 0 Å². The largest absolute Gasteiger partial charge is 0.0616 e. The Bertz CT molecular complexity index is 1390. The molecule has 0 heterocycles. The van der Waals surface area contributed by atoms with E-state index in [-0.39, 0.29) is 5.41 Å². The lowest BCUT2D eigenvalue weighted by Gasteiger charge is -2.22. The van der Waals surface area contributed by atoms with Crippen LogP contribution in [0.1, 0.15) is 25.0 Å². The second-order valence-electron chi connectivity index (χ2n) is 8.24. The van der Waals surface area contributed by atoms with E-state index in [1.165, 1.54) is 54.6 Å². The van der Waals surface area contributed by atoms with Crippen molar-refractivity contribution < 1.29 is 0 Å². The van der Waals surface area contributed by atoms with Crippen molar-refractivity contribution in [2.24, 2.45) is 0 Å². The molecule has 0 aromatic heterocycles. The van der Waals surface area contributed by atoms with Crippen LogP contribution in [0.4, 0.5) is 0 Å². The maximum absolute atomic E-state index is 2.44. The number of hydrogen-bond donors (Lipinski definition) is 0. The summed E-state index contributed by atoms with van der Waals surface area (Å²) in [6.07, 6.45) is 0. The van der Waals surface area contributed by atoms with Gasteiger partial charge in [0.15, 0.2) is 0 Å². The average Bonchev–Trinajstić information content (AvgIpc) is 2.93. The summed E-state index contributed by atoms with van der Waals surface area (Å²) in [5, 5.41) is 8.00. The fourth-order valence-electron chi connectivity index (χ4n) is 5.01. The summed E-state index contributed by atoms with van der Waals surface area (Å²) in [6, 6.07) is 31.5. The number of benzene rings is 5. The Balaban J connectivity index is 1.82. The molecule has 0 radical (unpaired) electrons. The van der Waals surface area contributed by atoms with Gasteiger partial charge >= 0.3 is 0 Å². The Morgan fingerprint density at radius 1 is 0.519 bits per heavy atom. The van der Waals surface area contributed by atoms with Gasteiger partial charge in [-0.25, -0.2) is 0 Å². The minimum atomic E-state index is 0.0224. The molecule has 0 saturated carbocycles. The SMILES string of the molecule is CC1(C)c2cc3ccc4ccccc4c3cc2-c2c1ccc1ccccc21. The minimum absolute atomic E-state index is 0.0224. The van der Waals surface area contributed by atoms with E-state index in [1.807, 2.05) is 0 Å². The molecule has 1 aliphatic carbocycles. The molecule has 0 spiro atoms. The average molecular weight is 344 g/mol. The fraction of sp³-hybridized carbons (Fsp3) is 0.111. The topological polar surface area (TPSA) is 0 Å². The van der Waals surface area contributed by atoms with Crippen molar-refractivity contribution in [3.63, 3.8) is 0 Å². The molecule has 0 bridgehead atoms. The third-order valence-electron chi connectivity index (χ3n) is 6.43. The van der Waals surface area contributed by atoms with Crippen molar-refractivity contribution in [3.05, 3.63) is 96.1 Å². The molecular formula is C27H20. The molecule has 0 fully saturated rings. The zero-order valence-corrected chi connectivity index (χ0v) is 15.6. The number of rotatable bonds is 0. The molecule has 5 aromatic carbocycles. The van der Waals surface area contributed by atoms with Crippen LogP contribution in [0.25, 0.3) is 43.4 Å². The van der Waals surface area contributed by atoms with Crippen molar-refractivity contribution in [2.75, 3.05) is 0 Å². The molecule has 0 heteroatoms. The van der Waals surface area contributed by atoms with Crippen molar-refractivity contribution in [1.82, 2.24) is 0 Å². The predicted octanol–water partition coefficient (Wildman–Crippen LogP) is 7.45. The highest BCUT2D eigenvalue weighted by Gasteiger charge is 2.36. The summed E-state index contributed by atoms with van der Waals surface area (Å²) in [7, 11) is 0. The van der Waals surface area contributed by atoms with Crippen LogP contribution >= 0.6 is 0 Å². The second-order valence-corrected chi connectivity index (χ2v) is 8.24. The molecule has 6 rings (SSSR count). The Morgan fingerprint density at radius 2 is 1.15 bits per heavy atom. The van der Waals surface area contributed by atoms with Gasteiger partial charge in [-0.3, -0.25) is 0 Å². The van der Waals surface area contributed by atoms with Gasteiger partial charge in [0.1, 0.15) is 0 Å². The first-order valence-electron chi connectivity index (χ1n) is 9.63. The minimum Gasteiger partial charge on any atom is -0.0616 e. The monoisotopic (exact) mass is 344 g/mol. The molecule has 128 valence electrons. The van der Waals surface area contributed by atoms with Gasteiger partial charge in [-0.15, -0.1) is 0 Å². The first-order chi connectivity index (χ1) is 13.1. The van der Waals surface area contributed by atoms with E-state index in [1.54, 1.807) is 0 Å². The van der Waals surface area contributed by atoms with E-state index >= 15 is 0 Å². The lowest BCUT2D eigenvalue weighted by molar-refractivity contribution is 0.661. The van der Waals surface area contributed by atoms with E-state index in [2.05, 4.69) is 98.8 Å². The van der Waals surface area contributed by atoms with Crippen molar-refractivity contribution in [1.29, 1.82) is 0 Å². The normalized spacial score (nSPS) is 14.6. The summed E-state index contributed by atoms with van der Waals surface area (Å²) in [6.45, 7) is 4.72. The second kappa shape index (κ2) is 4.98. The molecule has 0 N–H and O–H groups in total. The summed E-state index contributed by atoms with van der Waals surface area (Å²) < 4.78 is 0. The molecule has 27 heavy (non-hydrogen) atoms. The molecule has 0 atom stereocenters. The lowest BCUT2D eigenvalue weighted by Crippen LogP contribution is -2.14.